The minimum absolute atomic E-state index is 0.166. The number of amides is 1. The quantitative estimate of drug-likeness (QED) is 0.741. The minimum Gasteiger partial charge on any atom is -0.455 e. The van der Waals surface area contributed by atoms with Crippen molar-refractivity contribution in [3.05, 3.63) is 51.2 Å². The molecule has 8 heteroatoms. The van der Waals surface area contributed by atoms with E-state index in [1.807, 2.05) is 18.2 Å². The standard InChI is InChI=1S/C16H13ClN2O3S2/c17-14-6-5-13(24-14)9-23-10-16(21)22-8-15(20)19-12-3-1-11(7-18)2-4-12/h1-6H,8-10H2,(H,19,20). The monoisotopic (exact) mass is 380 g/mol. The van der Waals surface area contributed by atoms with Gasteiger partial charge in [-0.05, 0) is 36.4 Å². The van der Waals surface area contributed by atoms with Crippen LogP contribution in [0.5, 0.6) is 0 Å². The highest BCUT2D eigenvalue weighted by Gasteiger charge is 2.09. The lowest BCUT2D eigenvalue weighted by Crippen LogP contribution is -2.21. The molecular weight excluding hydrogens is 368 g/mol. The first kappa shape index (κ1) is 18.3. The van der Waals surface area contributed by atoms with Gasteiger partial charge in [0.15, 0.2) is 6.61 Å². The number of carbonyl (C=O) groups is 2. The lowest BCUT2D eigenvalue weighted by atomic mass is 10.2. The zero-order chi connectivity index (χ0) is 17.4. The second-order valence-corrected chi connectivity index (χ2v) is 7.38. The number of esters is 1. The average molecular weight is 381 g/mol. The Morgan fingerprint density at radius 2 is 2.00 bits per heavy atom. The van der Waals surface area contributed by atoms with Crippen LogP contribution >= 0.6 is 34.7 Å². The Balaban J connectivity index is 1.65. The van der Waals surface area contributed by atoms with Crippen LogP contribution in [0.4, 0.5) is 5.69 Å². The Labute approximate surface area is 152 Å². The predicted octanol–water partition coefficient (Wildman–Crippen LogP) is 3.69. The topological polar surface area (TPSA) is 79.2 Å². The van der Waals surface area contributed by atoms with Crippen molar-refractivity contribution in [2.75, 3.05) is 17.7 Å². The van der Waals surface area contributed by atoms with Gasteiger partial charge in [0.25, 0.3) is 5.91 Å². The van der Waals surface area contributed by atoms with Gasteiger partial charge in [0.2, 0.25) is 0 Å². The lowest BCUT2D eigenvalue weighted by Gasteiger charge is -2.06. The van der Waals surface area contributed by atoms with Gasteiger partial charge in [0.1, 0.15) is 0 Å². The third-order valence-electron chi connectivity index (χ3n) is 2.76. The largest absolute Gasteiger partial charge is 0.455 e. The fourth-order valence-electron chi connectivity index (χ4n) is 1.68. The number of halogens is 1. The number of carbonyl (C=O) groups excluding carboxylic acids is 2. The van der Waals surface area contributed by atoms with Crippen LogP contribution in [0.25, 0.3) is 0 Å². The predicted molar refractivity (Wildman–Crippen MR) is 96.2 cm³/mol. The van der Waals surface area contributed by atoms with Gasteiger partial charge in [0, 0.05) is 16.3 Å². The zero-order valence-electron chi connectivity index (χ0n) is 12.5. The Kier molecular flexibility index (Phi) is 7.12. The summed E-state index contributed by atoms with van der Waals surface area (Å²) in [5, 5.41) is 11.3. The molecule has 1 amide bonds. The average Bonchev–Trinajstić information content (AvgIpc) is 2.99. The third-order valence-corrected chi connectivity index (χ3v) is 5.12. The van der Waals surface area contributed by atoms with E-state index in [9.17, 15) is 9.59 Å². The Bertz CT molecular complexity index is 753. The number of benzene rings is 1. The number of nitriles is 1. The van der Waals surface area contributed by atoms with Crippen molar-refractivity contribution < 1.29 is 14.3 Å². The number of hydrogen-bond acceptors (Lipinski definition) is 6. The first-order chi connectivity index (χ1) is 11.6. The summed E-state index contributed by atoms with van der Waals surface area (Å²) in [4.78, 5) is 24.4. The van der Waals surface area contributed by atoms with E-state index in [1.165, 1.54) is 23.1 Å². The SMILES string of the molecule is N#Cc1ccc(NC(=O)COC(=O)CSCc2ccc(Cl)s2)cc1. The first-order valence-electron chi connectivity index (χ1n) is 6.84. The summed E-state index contributed by atoms with van der Waals surface area (Å²) < 4.78 is 5.63. The van der Waals surface area contributed by atoms with Gasteiger partial charge >= 0.3 is 5.97 Å². The van der Waals surface area contributed by atoms with Crippen molar-refractivity contribution in [3.8, 4) is 6.07 Å². The number of thioether (sulfide) groups is 1. The van der Waals surface area contributed by atoms with E-state index in [-0.39, 0.29) is 12.4 Å². The summed E-state index contributed by atoms with van der Waals surface area (Å²) in [6.07, 6.45) is 0. The fraction of sp³-hybridized carbons (Fsp3) is 0.188. The molecule has 0 fully saturated rings. The van der Waals surface area contributed by atoms with Crippen LogP contribution < -0.4 is 5.32 Å². The molecule has 0 bridgehead atoms. The molecule has 0 saturated heterocycles. The molecule has 24 heavy (non-hydrogen) atoms. The molecule has 0 aliphatic heterocycles. The second kappa shape index (κ2) is 9.33. The smallest absolute Gasteiger partial charge is 0.316 e. The van der Waals surface area contributed by atoms with Gasteiger partial charge in [-0.25, -0.2) is 0 Å². The van der Waals surface area contributed by atoms with Gasteiger partial charge in [-0.2, -0.15) is 5.26 Å². The summed E-state index contributed by atoms with van der Waals surface area (Å²) in [5.74, 6) is -0.0374. The van der Waals surface area contributed by atoms with E-state index >= 15 is 0 Å². The maximum atomic E-state index is 11.7. The van der Waals surface area contributed by atoms with Crippen molar-refractivity contribution >= 4 is 52.3 Å². The van der Waals surface area contributed by atoms with Crippen molar-refractivity contribution in [2.24, 2.45) is 0 Å². The molecule has 0 atom stereocenters. The van der Waals surface area contributed by atoms with E-state index in [1.54, 1.807) is 24.3 Å². The molecule has 1 heterocycles. The summed E-state index contributed by atoms with van der Waals surface area (Å²) in [6, 6.07) is 12.1. The molecule has 0 unspecified atom stereocenters. The van der Waals surface area contributed by atoms with Crippen molar-refractivity contribution in [1.29, 1.82) is 5.26 Å². The van der Waals surface area contributed by atoms with Crippen LogP contribution in [-0.2, 0) is 20.1 Å². The van der Waals surface area contributed by atoms with Gasteiger partial charge in [-0.3, -0.25) is 9.59 Å². The second-order valence-electron chi connectivity index (χ2n) is 4.60. The molecule has 1 aromatic heterocycles. The molecule has 124 valence electrons. The number of nitrogens with one attached hydrogen (secondary N) is 1. The molecule has 2 rings (SSSR count). The number of nitrogens with zero attached hydrogens (tertiary/aromatic N) is 1. The number of anilines is 1. The number of hydrogen-bond donors (Lipinski definition) is 1. The molecular formula is C16H13ClN2O3S2. The van der Waals surface area contributed by atoms with Crippen LogP contribution in [0.2, 0.25) is 4.34 Å². The first-order valence-corrected chi connectivity index (χ1v) is 9.19. The molecule has 0 spiro atoms. The van der Waals surface area contributed by atoms with Gasteiger partial charge in [-0.1, -0.05) is 11.6 Å². The Morgan fingerprint density at radius 1 is 1.25 bits per heavy atom. The van der Waals surface area contributed by atoms with Crippen LogP contribution in [0.1, 0.15) is 10.4 Å². The van der Waals surface area contributed by atoms with Crippen molar-refractivity contribution in [2.45, 2.75) is 5.75 Å². The number of ether oxygens (including phenoxy) is 1. The molecule has 0 aliphatic carbocycles. The summed E-state index contributed by atoms with van der Waals surface area (Å²) in [5.41, 5.74) is 1.04. The highest BCUT2D eigenvalue weighted by molar-refractivity contribution is 7.99. The molecule has 0 aliphatic rings. The van der Waals surface area contributed by atoms with Gasteiger partial charge in [0.05, 0.1) is 21.7 Å². The molecule has 1 aromatic carbocycles. The molecule has 5 nitrogen and oxygen atoms in total. The number of thiophene rings is 1. The fourth-order valence-corrected chi connectivity index (χ4v) is 3.70. The summed E-state index contributed by atoms with van der Waals surface area (Å²) in [7, 11) is 0. The van der Waals surface area contributed by atoms with Crippen LogP contribution in [0.15, 0.2) is 36.4 Å². The molecule has 0 radical (unpaired) electrons. The molecule has 0 saturated carbocycles. The molecule has 1 N–H and O–H groups in total. The van der Waals surface area contributed by atoms with Crippen molar-refractivity contribution in [3.63, 3.8) is 0 Å². The molecule has 2 aromatic rings. The Morgan fingerprint density at radius 3 is 2.62 bits per heavy atom. The minimum atomic E-state index is -0.447. The van der Waals surface area contributed by atoms with E-state index in [0.29, 0.717) is 21.3 Å². The van der Waals surface area contributed by atoms with E-state index in [4.69, 9.17) is 21.6 Å². The van der Waals surface area contributed by atoms with Gasteiger partial charge < -0.3 is 10.1 Å². The van der Waals surface area contributed by atoms with Crippen molar-refractivity contribution in [1.82, 2.24) is 0 Å². The summed E-state index contributed by atoms with van der Waals surface area (Å²) in [6.45, 7) is -0.343. The van der Waals surface area contributed by atoms with Crippen LogP contribution in [-0.4, -0.2) is 24.2 Å². The van der Waals surface area contributed by atoms with E-state index in [0.717, 1.165) is 4.88 Å². The lowest BCUT2D eigenvalue weighted by molar-refractivity contribution is -0.144. The normalized spacial score (nSPS) is 10.0. The van der Waals surface area contributed by atoms with Crippen LogP contribution in [0, 0.1) is 11.3 Å². The van der Waals surface area contributed by atoms with E-state index in [2.05, 4.69) is 5.32 Å². The maximum absolute atomic E-state index is 11.7. The highest BCUT2D eigenvalue weighted by Crippen LogP contribution is 2.25. The number of rotatable bonds is 7. The van der Waals surface area contributed by atoms with Crippen LogP contribution in [0.3, 0.4) is 0 Å². The maximum Gasteiger partial charge on any atom is 0.316 e. The van der Waals surface area contributed by atoms with Gasteiger partial charge in [-0.15, -0.1) is 23.1 Å². The highest BCUT2D eigenvalue weighted by atomic mass is 35.5. The summed E-state index contributed by atoms with van der Waals surface area (Å²) >= 11 is 8.70. The van der Waals surface area contributed by atoms with E-state index < -0.39 is 11.9 Å². The zero-order valence-corrected chi connectivity index (χ0v) is 14.8. The Hall–Kier alpha value is -2.01. The third kappa shape index (κ3) is 6.24.